The molecule has 0 fully saturated rings. The van der Waals surface area contributed by atoms with Gasteiger partial charge in [0.1, 0.15) is 12.3 Å². The first-order valence-corrected chi connectivity index (χ1v) is 10.6. The quantitative estimate of drug-likeness (QED) is 0.303. The lowest BCUT2D eigenvalue weighted by Crippen LogP contribution is -2.33. The molecule has 0 heterocycles. The highest BCUT2D eigenvalue weighted by Gasteiger charge is 2.16. The molecule has 1 amide bonds. The van der Waals surface area contributed by atoms with E-state index in [2.05, 4.69) is 6.92 Å². The molecule has 0 aliphatic heterocycles. The second kappa shape index (κ2) is 14.9. The van der Waals surface area contributed by atoms with E-state index in [1.165, 1.54) is 56.3 Å². The molecule has 1 aromatic carbocycles. The zero-order chi connectivity index (χ0) is 20.6. The first-order chi connectivity index (χ1) is 13.6. The lowest BCUT2D eigenvalue weighted by Gasteiger charge is -2.16. The van der Waals surface area contributed by atoms with Gasteiger partial charge in [0.25, 0.3) is 5.91 Å². The van der Waals surface area contributed by atoms with Gasteiger partial charge in [-0.3, -0.25) is 9.59 Å². The SMILES string of the molecule is CCCCCCCCCCCCOC(=O)CN(C)C(=O)c1cccc(OC)c1. The van der Waals surface area contributed by atoms with Crippen molar-refractivity contribution in [3.63, 3.8) is 0 Å². The van der Waals surface area contributed by atoms with Gasteiger partial charge in [0.15, 0.2) is 0 Å². The number of hydrogen-bond acceptors (Lipinski definition) is 4. The van der Waals surface area contributed by atoms with E-state index in [0.29, 0.717) is 17.9 Å². The minimum absolute atomic E-state index is 0.0478. The topological polar surface area (TPSA) is 55.8 Å². The van der Waals surface area contributed by atoms with Crippen LogP contribution in [-0.4, -0.2) is 44.1 Å². The fourth-order valence-corrected chi connectivity index (χ4v) is 3.06. The van der Waals surface area contributed by atoms with E-state index in [1.807, 2.05) is 0 Å². The van der Waals surface area contributed by atoms with Gasteiger partial charge in [-0.15, -0.1) is 0 Å². The summed E-state index contributed by atoms with van der Waals surface area (Å²) in [7, 11) is 3.15. The Morgan fingerprint density at radius 3 is 2.14 bits per heavy atom. The van der Waals surface area contributed by atoms with Crippen LogP contribution in [0.25, 0.3) is 0 Å². The average Bonchev–Trinajstić information content (AvgIpc) is 2.71. The monoisotopic (exact) mass is 391 g/mol. The maximum atomic E-state index is 12.4. The summed E-state index contributed by atoms with van der Waals surface area (Å²) in [6.07, 6.45) is 12.4. The number of rotatable bonds is 15. The van der Waals surface area contributed by atoms with Crippen molar-refractivity contribution in [3.8, 4) is 5.75 Å². The normalized spacial score (nSPS) is 10.5. The van der Waals surface area contributed by atoms with Gasteiger partial charge in [0, 0.05) is 12.6 Å². The molecule has 0 spiro atoms. The number of benzene rings is 1. The van der Waals surface area contributed by atoms with Gasteiger partial charge in [0.05, 0.1) is 13.7 Å². The van der Waals surface area contributed by atoms with Crippen LogP contribution in [0.2, 0.25) is 0 Å². The Labute approximate surface area is 170 Å². The molecule has 0 aliphatic carbocycles. The van der Waals surface area contributed by atoms with Crippen LogP contribution in [0, 0.1) is 0 Å². The smallest absolute Gasteiger partial charge is 0.325 e. The number of carbonyl (C=O) groups is 2. The highest BCUT2D eigenvalue weighted by atomic mass is 16.5. The van der Waals surface area contributed by atoms with Gasteiger partial charge in [-0.25, -0.2) is 0 Å². The van der Waals surface area contributed by atoms with Crippen LogP contribution in [0.3, 0.4) is 0 Å². The van der Waals surface area contributed by atoms with Crippen LogP contribution in [0.5, 0.6) is 5.75 Å². The number of amides is 1. The Kier molecular flexibility index (Phi) is 12.8. The van der Waals surface area contributed by atoms with Crippen molar-refractivity contribution in [3.05, 3.63) is 29.8 Å². The maximum absolute atomic E-state index is 12.4. The van der Waals surface area contributed by atoms with Crippen molar-refractivity contribution in [2.75, 3.05) is 27.3 Å². The molecule has 0 unspecified atom stereocenters. The summed E-state index contributed by atoms with van der Waals surface area (Å²) in [5.41, 5.74) is 0.490. The van der Waals surface area contributed by atoms with Crippen LogP contribution >= 0.6 is 0 Å². The number of esters is 1. The molecule has 0 saturated heterocycles. The Morgan fingerprint density at radius 1 is 0.929 bits per heavy atom. The molecular weight excluding hydrogens is 354 g/mol. The molecule has 0 bridgehead atoms. The fraction of sp³-hybridized carbons (Fsp3) is 0.652. The molecule has 1 rings (SSSR count). The number of methoxy groups -OCH3 is 1. The van der Waals surface area contributed by atoms with Crippen LogP contribution in [-0.2, 0) is 9.53 Å². The number of nitrogens with zero attached hydrogens (tertiary/aromatic N) is 1. The predicted octanol–water partition coefficient (Wildman–Crippen LogP) is 5.23. The predicted molar refractivity (Wildman–Crippen MR) is 113 cm³/mol. The van der Waals surface area contributed by atoms with Crippen molar-refractivity contribution in [2.45, 2.75) is 71.1 Å². The van der Waals surface area contributed by atoms with Crippen molar-refractivity contribution >= 4 is 11.9 Å². The van der Waals surface area contributed by atoms with E-state index in [1.54, 1.807) is 38.4 Å². The molecule has 0 aliphatic rings. The summed E-state index contributed by atoms with van der Waals surface area (Å²) in [4.78, 5) is 25.7. The first-order valence-electron chi connectivity index (χ1n) is 10.6. The van der Waals surface area contributed by atoms with E-state index in [0.717, 1.165) is 12.8 Å². The highest BCUT2D eigenvalue weighted by molar-refractivity contribution is 5.96. The molecule has 0 saturated carbocycles. The van der Waals surface area contributed by atoms with Gasteiger partial charge in [-0.05, 0) is 24.6 Å². The molecule has 0 aromatic heterocycles. The standard InChI is InChI=1S/C23H37NO4/c1-4-5-6-7-8-9-10-11-12-13-17-28-22(25)19-24(2)23(26)20-15-14-16-21(18-20)27-3/h14-16,18H,4-13,17,19H2,1-3H3. The molecular formula is C23H37NO4. The van der Waals surface area contributed by atoms with Gasteiger partial charge < -0.3 is 14.4 Å². The molecule has 5 heteroatoms. The average molecular weight is 392 g/mol. The number of likely N-dealkylation sites (N-methyl/N-ethyl adjacent to an activating group) is 1. The number of unbranched alkanes of at least 4 members (excludes halogenated alkanes) is 9. The molecule has 1 aromatic rings. The number of carbonyl (C=O) groups excluding carboxylic acids is 2. The van der Waals surface area contributed by atoms with Crippen LogP contribution in [0.1, 0.15) is 81.5 Å². The minimum atomic E-state index is -0.366. The summed E-state index contributed by atoms with van der Waals surface area (Å²) >= 11 is 0. The Bertz CT molecular complexity index is 573. The van der Waals surface area contributed by atoms with Crippen molar-refractivity contribution in [1.29, 1.82) is 0 Å². The maximum Gasteiger partial charge on any atom is 0.325 e. The van der Waals surface area contributed by atoms with Crippen LogP contribution in [0.4, 0.5) is 0 Å². The second-order valence-corrected chi connectivity index (χ2v) is 7.30. The zero-order valence-corrected chi connectivity index (χ0v) is 17.9. The third-order valence-electron chi connectivity index (χ3n) is 4.79. The van der Waals surface area contributed by atoms with Crippen LogP contribution < -0.4 is 4.74 Å². The van der Waals surface area contributed by atoms with Crippen molar-refractivity contribution < 1.29 is 19.1 Å². The molecule has 5 nitrogen and oxygen atoms in total. The van der Waals surface area contributed by atoms with Crippen molar-refractivity contribution in [2.24, 2.45) is 0 Å². The van der Waals surface area contributed by atoms with Crippen LogP contribution in [0.15, 0.2) is 24.3 Å². The van der Waals surface area contributed by atoms with Gasteiger partial charge in [-0.1, -0.05) is 70.8 Å². The van der Waals surface area contributed by atoms with E-state index >= 15 is 0 Å². The fourth-order valence-electron chi connectivity index (χ4n) is 3.06. The zero-order valence-electron chi connectivity index (χ0n) is 17.9. The lowest BCUT2D eigenvalue weighted by atomic mass is 10.1. The number of hydrogen-bond donors (Lipinski definition) is 0. The summed E-state index contributed by atoms with van der Waals surface area (Å²) < 4.78 is 10.4. The second-order valence-electron chi connectivity index (χ2n) is 7.30. The third kappa shape index (κ3) is 10.3. The molecule has 0 N–H and O–H groups in total. The van der Waals surface area contributed by atoms with E-state index < -0.39 is 0 Å². The van der Waals surface area contributed by atoms with Gasteiger partial charge in [-0.2, -0.15) is 0 Å². The Hall–Kier alpha value is -2.04. The molecule has 0 atom stereocenters. The highest BCUT2D eigenvalue weighted by Crippen LogP contribution is 2.14. The van der Waals surface area contributed by atoms with Gasteiger partial charge in [0.2, 0.25) is 0 Å². The third-order valence-corrected chi connectivity index (χ3v) is 4.79. The first kappa shape index (κ1) is 24.0. The molecule has 158 valence electrons. The lowest BCUT2D eigenvalue weighted by molar-refractivity contribution is -0.144. The minimum Gasteiger partial charge on any atom is -0.497 e. The Morgan fingerprint density at radius 2 is 1.54 bits per heavy atom. The molecule has 0 radical (unpaired) electrons. The molecule has 28 heavy (non-hydrogen) atoms. The van der Waals surface area contributed by atoms with Crippen molar-refractivity contribution in [1.82, 2.24) is 4.90 Å². The van der Waals surface area contributed by atoms with E-state index in [4.69, 9.17) is 9.47 Å². The van der Waals surface area contributed by atoms with Gasteiger partial charge >= 0.3 is 5.97 Å². The number of ether oxygens (including phenoxy) is 2. The van der Waals surface area contributed by atoms with E-state index in [9.17, 15) is 9.59 Å². The summed E-state index contributed by atoms with van der Waals surface area (Å²) in [6, 6.07) is 6.89. The Balaban J connectivity index is 2.10. The summed E-state index contributed by atoms with van der Waals surface area (Å²) in [5, 5.41) is 0. The largest absolute Gasteiger partial charge is 0.497 e. The summed E-state index contributed by atoms with van der Waals surface area (Å²) in [6.45, 7) is 2.62. The summed E-state index contributed by atoms with van der Waals surface area (Å²) in [5.74, 6) is 0.0206. The van der Waals surface area contributed by atoms with E-state index in [-0.39, 0.29) is 18.4 Å².